The Labute approximate surface area is 170 Å². The monoisotopic (exact) mass is 407 g/mol. The lowest BCUT2D eigenvalue weighted by Crippen LogP contribution is -2.27. The Hall–Kier alpha value is -2.36. The van der Waals surface area contributed by atoms with E-state index in [0.29, 0.717) is 58.3 Å². The Morgan fingerprint density at radius 2 is 1.69 bits per heavy atom. The van der Waals surface area contributed by atoms with Gasteiger partial charge in [-0.25, -0.2) is 9.07 Å². The second-order valence-electron chi connectivity index (χ2n) is 6.18. The van der Waals surface area contributed by atoms with Gasteiger partial charge in [-0.2, -0.15) is 0 Å². The zero-order chi connectivity index (χ0) is 20.7. The molecule has 1 aromatic carbocycles. The fourth-order valence-electron chi connectivity index (χ4n) is 2.38. The van der Waals surface area contributed by atoms with Crippen molar-refractivity contribution >= 4 is 5.91 Å². The number of hydrogen-bond acceptors (Lipinski definition) is 6. The number of hydrogen-bond donors (Lipinski definition) is 1. The first-order chi connectivity index (χ1) is 14.2. The van der Waals surface area contributed by atoms with Gasteiger partial charge in [0.25, 0.3) is 5.91 Å². The van der Waals surface area contributed by atoms with Crippen LogP contribution in [0.2, 0.25) is 0 Å². The van der Waals surface area contributed by atoms with E-state index in [1.165, 1.54) is 24.3 Å². The van der Waals surface area contributed by atoms with Gasteiger partial charge >= 0.3 is 0 Å². The molecule has 8 nitrogen and oxygen atoms in total. The van der Waals surface area contributed by atoms with Crippen LogP contribution in [0.1, 0.15) is 22.5 Å². The molecule has 0 aliphatic rings. The number of rotatable bonds is 15. The number of carbonyl (C=O) groups is 1. The van der Waals surface area contributed by atoms with Crippen LogP contribution in [0.3, 0.4) is 0 Å². The Morgan fingerprint density at radius 1 is 1.03 bits per heavy atom. The lowest BCUT2D eigenvalue weighted by Gasteiger charge is -2.08. The van der Waals surface area contributed by atoms with Crippen LogP contribution in [0.15, 0.2) is 30.5 Å². The van der Waals surface area contributed by atoms with E-state index in [9.17, 15) is 9.18 Å². The maximum atomic E-state index is 12.8. The van der Waals surface area contributed by atoms with Crippen LogP contribution in [-0.4, -0.2) is 67.1 Å². The SMILES string of the molecule is [CH2]CCc1cn(CCOCCOCCOCCNC(=O)c2ccc(F)cc2)nn1. The highest BCUT2D eigenvalue weighted by molar-refractivity contribution is 5.94. The zero-order valence-electron chi connectivity index (χ0n) is 16.5. The second-order valence-corrected chi connectivity index (χ2v) is 6.18. The maximum absolute atomic E-state index is 12.8. The summed E-state index contributed by atoms with van der Waals surface area (Å²) in [7, 11) is 0. The molecular weight excluding hydrogens is 379 g/mol. The molecule has 159 valence electrons. The molecule has 1 amide bonds. The van der Waals surface area contributed by atoms with E-state index < -0.39 is 0 Å². The van der Waals surface area contributed by atoms with Gasteiger partial charge in [-0.3, -0.25) is 4.79 Å². The molecule has 9 heteroatoms. The highest BCUT2D eigenvalue weighted by Gasteiger charge is 2.04. The number of amides is 1. The molecule has 1 aromatic heterocycles. The van der Waals surface area contributed by atoms with E-state index in [0.717, 1.165) is 18.5 Å². The van der Waals surface area contributed by atoms with E-state index in [-0.39, 0.29) is 11.7 Å². The lowest BCUT2D eigenvalue weighted by atomic mass is 10.2. The van der Waals surface area contributed by atoms with Crippen LogP contribution in [0.4, 0.5) is 4.39 Å². The summed E-state index contributed by atoms with van der Waals surface area (Å²) in [5, 5.41) is 10.8. The van der Waals surface area contributed by atoms with Crippen LogP contribution in [-0.2, 0) is 27.2 Å². The molecule has 0 bridgehead atoms. The normalized spacial score (nSPS) is 11.0. The van der Waals surface area contributed by atoms with Gasteiger partial charge in [-0.05, 0) is 37.1 Å². The van der Waals surface area contributed by atoms with Crippen molar-refractivity contribution in [2.24, 2.45) is 0 Å². The van der Waals surface area contributed by atoms with Crippen molar-refractivity contribution in [3.63, 3.8) is 0 Å². The van der Waals surface area contributed by atoms with Crippen LogP contribution in [0.25, 0.3) is 0 Å². The first kappa shape index (κ1) is 22.9. The summed E-state index contributed by atoms with van der Waals surface area (Å²) in [4.78, 5) is 11.8. The van der Waals surface area contributed by atoms with Crippen LogP contribution >= 0.6 is 0 Å². The Balaban J connectivity index is 1.37. The van der Waals surface area contributed by atoms with Crippen molar-refractivity contribution in [1.29, 1.82) is 0 Å². The molecule has 0 spiro atoms. The molecule has 1 heterocycles. The third kappa shape index (κ3) is 9.60. The number of ether oxygens (including phenoxy) is 3. The van der Waals surface area contributed by atoms with Gasteiger partial charge in [0.05, 0.1) is 51.9 Å². The highest BCUT2D eigenvalue weighted by atomic mass is 19.1. The minimum atomic E-state index is -0.371. The third-order valence-corrected chi connectivity index (χ3v) is 3.87. The number of nitrogens with zero attached hydrogens (tertiary/aromatic N) is 3. The zero-order valence-corrected chi connectivity index (χ0v) is 16.5. The summed E-state index contributed by atoms with van der Waals surface area (Å²) >= 11 is 0. The van der Waals surface area contributed by atoms with Crippen molar-refractivity contribution < 1.29 is 23.4 Å². The number of halogens is 1. The van der Waals surface area contributed by atoms with Crippen molar-refractivity contribution in [2.75, 3.05) is 46.2 Å². The fraction of sp³-hybridized carbons (Fsp3) is 0.500. The van der Waals surface area contributed by atoms with Gasteiger partial charge in [0.15, 0.2) is 0 Å². The smallest absolute Gasteiger partial charge is 0.251 e. The molecule has 2 rings (SSSR count). The van der Waals surface area contributed by atoms with Gasteiger partial charge in [-0.15, -0.1) is 5.10 Å². The Bertz CT molecular complexity index is 709. The van der Waals surface area contributed by atoms with Crippen molar-refractivity contribution in [1.82, 2.24) is 20.3 Å². The van der Waals surface area contributed by atoms with E-state index in [1.807, 2.05) is 6.20 Å². The second kappa shape index (κ2) is 13.8. The summed E-state index contributed by atoms with van der Waals surface area (Å²) < 4.78 is 30.9. The topological polar surface area (TPSA) is 87.5 Å². The summed E-state index contributed by atoms with van der Waals surface area (Å²) in [5.74, 6) is -0.629. The molecule has 0 aliphatic carbocycles. The molecule has 0 atom stereocenters. The molecule has 1 radical (unpaired) electrons. The summed E-state index contributed by atoms with van der Waals surface area (Å²) in [6, 6.07) is 5.38. The van der Waals surface area contributed by atoms with Gasteiger partial charge in [0, 0.05) is 18.3 Å². The lowest BCUT2D eigenvalue weighted by molar-refractivity contribution is 0.0133. The third-order valence-electron chi connectivity index (χ3n) is 3.87. The van der Waals surface area contributed by atoms with Gasteiger partial charge in [0.2, 0.25) is 0 Å². The number of benzene rings is 1. The number of aryl methyl sites for hydroxylation is 1. The van der Waals surface area contributed by atoms with Crippen molar-refractivity contribution in [2.45, 2.75) is 19.4 Å². The van der Waals surface area contributed by atoms with Gasteiger partial charge in [0.1, 0.15) is 5.82 Å². The molecular formula is C20H28FN4O4. The van der Waals surface area contributed by atoms with E-state index >= 15 is 0 Å². The molecule has 0 saturated heterocycles. The predicted molar refractivity (Wildman–Crippen MR) is 105 cm³/mol. The van der Waals surface area contributed by atoms with Crippen LogP contribution in [0.5, 0.6) is 0 Å². The minimum Gasteiger partial charge on any atom is -0.377 e. The summed E-state index contributed by atoms with van der Waals surface area (Å²) in [6.07, 6.45) is 3.54. The standard InChI is InChI=1S/C20H28FN4O4/c1-2-3-19-16-25(24-23-19)9-11-28-13-15-29-14-12-27-10-8-22-20(26)17-4-6-18(21)7-5-17/h4-7,16H,1-3,8-15H2,(H,22,26). The molecule has 2 aromatic rings. The molecule has 1 N–H and O–H groups in total. The number of carbonyl (C=O) groups excluding carboxylic acids is 1. The van der Waals surface area contributed by atoms with E-state index in [2.05, 4.69) is 22.6 Å². The molecule has 0 unspecified atom stereocenters. The Morgan fingerprint density at radius 3 is 2.38 bits per heavy atom. The first-order valence-electron chi connectivity index (χ1n) is 9.64. The van der Waals surface area contributed by atoms with Gasteiger partial charge < -0.3 is 19.5 Å². The van der Waals surface area contributed by atoms with E-state index in [1.54, 1.807) is 4.68 Å². The molecule has 0 aliphatic heterocycles. The highest BCUT2D eigenvalue weighted by Crippen LogP contribution is 2.02. The van der Waals surface area contributed by atoms with Gasteiger partial charge in [-0.1, -0.05) is 12.1 Å². The average Bonchev–Trinajstić information content (AvgIpc) is 3.17. The largest absolute Gasteiger partial charge is 0.377 e. The quantitative estimate of drug-likeness (QED) is 0.452. The minimum absolute atomic E-state index is 0.258. The number of aromatic nitrogens is 3. The van der Waals surface area contributed by atoms with Crippen LogP contribution < -0.4 is 5.32 Å². The summed E-state index contributed by atoms with van der Waals surface area (Å²) in [5.41, 5.74) is 1.36. The van der Waals surface area contributed by atoms with Crippen LogP contribution in [0, 0.1) is 12.7 Å². The molecule has 0 fully saturated rings. The molecule has 0 saturated carbocycles. The van der Waals surface area contributed by atoms with E-state index in [4.69, 9.17) is 14.2 Å². The predicted octanol–water partition coefficient (Wildman–Crippen LogP) is 1.66. The van der Waals surface area contributed by atoms with Crippen molar-refractivity contribution in [3.8, 4) is 0 Å². The Kier molecular flexibility index (Phi) is 10.9. The first-order valence-corrected chi connectivity index (χ1v) is 9.64. The van der Waals surface area contributed by atoms with Crippen molar-refractivity contribution in [3.05, 3.63) is 54.5 Å². The summed E-state index contributed by atoms with van der Waals surface area (Å²) in [6.45, 7) is 7.59. The molecule has 29 heavy (non-hydrogen) atoms. The maximum Gasteiger partial charge on any atom is 0.251 e. The fourth-order valence-corrected chi connectivity index (χ4v) is 2.38. The average molecular weight is 407 g/mol. The number of nitrogens with one attached hydrogen (secondary N) is 1.